The van der Waals surface area contributed by atoms with E-state index in [9.17, 15) is 0 Å². The fraction of sp³-hybridized carbons (Fsp3) is 0.179. The number of furan rings is 1. The van der Waals surface area contributed by atoms with Gasteiger partial charge in [0.1, 0.15) is 11.2 Å². The summed E-state index contributed by atoms with van der Waals surface area (Å²) in [4.78, 5) is 2.51. The average molecular weight is 746 g/mol. The molecule has 0 unspecified atom stereocenters. The maximum atomic E-state index is 7.01. The van der Waals surface area contributed by atoms with Crippen LogP contribution in [0, 0.1) is 17.8 Å². The maximum absolute atomic E-state index is 7.01. The molecule has 4 bridgehead atoms. The largest absolute Gasteiger partial charge is 0.455 e. The highest BCUT2D eigenvalue weighted by Crippen LogP contribution is 2.62. The minimum atomic E-state index is 0.242. The van der Waals surface area contributed by atoms with Gasteiger partial charge in [0.25, 0.3) is 0 Å². The van der Waals surface area contributed by atoms with Crippen LogP contribution in [0.25, 0.3) is 76.2 Å². The van der Waals surface area contributed by atoms with E-state index < -0.39 is 0 Å². The van der Waals surface area contributed by atoms with Crippen molar-refractivity contribution < 1.29 is 4.42 Å². The van der Waals surface area contributed by atoms with Crippen LogP contribution in [0.3, 0.4) is 0 Å². The molecule has 58 heavy (non-hydrogen) atoms. The third kappa shape index (κ3) is 4.78. The second-order valence-electron chi connectivity index (χ2n) is 17.9. The van der Waals surface area contributed by atoms with E-state index in [1.807, 2.05) is 0 Å². The lowest BCUT2D eigenvalue weighted by atomic mass is 9.48. The van der Waals surface area contributed by atoms with Gasteiger partial charge in [-0.25, -0.2) is 0 Å². The Kier molecular flexibility index (Phi) is 6.94. The van der Waals surface area contributed by atoms with Crippen molar-refractivity contribution in [3.05, 3.63) is 175 Å². The van der Waals surface area contributed by atoms with Gasteiger partial charge in [-0.3, -0.25) is 0 Å². The number of nitrogens with zero attached hydrogens (tertiary/aromatic N) is 1. The van der Waals surface area contributed by atoms with E-state index in [4.69, 9.17) is 4.42 Å². The van der Waals surface area contributed by atoms with Crippen LogP contribution in [0.15, 0.2) is 174 Å². The fourth-order valence-electron chi connectivity index (χ4n) is 12.6. The first kappa shape index (κ1) is 32.7. The van der Waals surface area contributed by atoms with Gasteiger partial charge in [-0.1, -0.05) is 133 Å². The molecule has 4 aliphatic carbocycles. The number of hydrogen-bond donors (Lipinski definition) is 0. The number of anilines is 3. The van der Waals surface area contributed by atoms with Crippen molar-refractivity contribution >= 4 is 82.1 Å². The zero-order valence-electron chi connectivity index (χ0n) is 32.5. The number of benzene rings is 9. The molecule has 0 aliphatic heterocycles. The van der Waals surface area contributed by atoms with E-state index in [1.54, 1.807) is 0 Å². The van der Waals surface area contributed by atoms with Crippen LogP contribution >= 0.6 is 0 Å². The van der Waals surface area contributed by atoms with Gasteiger partial charge in [0.2, 0.25) is 0 Å². The summed E-state index contributed by atoms with van der Waals surface area (Å²) in [6, 6.07) is 63.1. The third-order valence-corrected chi connectivity index (χ3v) is 14.6. The van der Waals surface area contributed by atoms with E-state index >= 15 is 0 Å². The standard InChI is InChI=1S/C56H43NO/c1-2-11-38(12-3-1)39-21-23-40(24-22-39)57(41-25-26-46-44-15-5-4-13-42(44)43-14-6-7-16-45(43)49(46)30-41)52-31-50-54-51(56-32-35-27-36(33-56)29-37(28-35)34-56)19-10-20-53(54)58-55(50)48-18-9-8-17-47(48)52/h1-26,30-31,35-37H,27-29,32-34H2. The Morgan fingerprint density at radius 3 is 1.60 bits per heavy atom. The van der Waals surface area contributed by atoms with E-state index in [0.717, 1.165) is 45.7 Å². The van der Waals surface area contributed by atoms with Crippen molar-refractivity contribution in [2.24, 2.45) is 17.8 Å². The average Bonchev–Trinajstić information content (AvgIpc) is 3.66. The molecule has 9 aromatic carbocycles. The quantitative estimate of drug-likeness (QED) is 0.163. The summed E-state index contributed by atoms with van der Waals surface area (Å²) < 4.78 is 7.01. The Hall–Kier alpha value is -6.38. The maximum Gasteiger partial charge on any atom is 0.143 e. The van der Waals surface area contributed by atoms with Gasteiger partial charge >= 0.3 is 0 Å². The second-order valence-corrected chi connectivity index (χ2v) is 17.9. The van der Waals surface area contributed by atoms with Crippen molar-refractivity contribution in [1.29, 1.82) is 0 Å². The minimum Gasteiger partial charge on any atom is -0.455 e. The molecule has 10 aromatic rings. The highest BCUT2D eigenvalue weighted by atomic mass is 16.3. The van der Waals surface area contributed by atoms with Crippen molar-refractivity contribution in [3.8, 4) is 11.1 Å². The molecule has 0 radical (unpaired) electrons. The predicted molar refractivity (Wildman–Crippen MR) is 244 cm³/mol. The molecular formula is C56H43NO. The summed E-state index contributed by atoms with van der Waals surface area (Å²) in [6.07, 6.45) is 8.28. The van der Waals surface area contributed by atoms with E-state index in [0.29, 0.717) is 0 Å². The molecule has 1 heterocycles. The van der Waals surface area contributed by atoms with Crippen LogP contribution in [0.4, 0.5) is 17.1 Å². The normalized spacial score (nSPS) is 21.3. The second kappa shape index (κ2) is 12.3. The van der Waals surface area contributed by atoms with Crippen molar-refractivity contribution in [2.75, 3.05) is 4.90 Å². The number of rotatable bonds is 5. The zero-order chi connectivity index (χ0) is 38.0. The number of fused-ring (bicyclic) bond motifs is 11. The van der Waals surface area contributed by atoms with Crippen LogP contribution in [0.1, 0.15) is 44.1 Å². The summed E-state index contributed by atoms with van der Waals surface area (Å²) in [5, 5.41) is 12.6. The molecule has 14 rings (SSSR count). The predicted octanol–water partition coefficient (Wildman–Crippen LogP) is 15.8. The molecule has 0 saturated heterocycles. The van der Waals surface area contributed by atoms with Crippen molar-refractivity contribution in [2.45, 2.75) is 43.9 Å². The summed E-state index contributed by atoms with van der Waals surface area (Å²) in [5.41, 5.74) is 9.67. The molecule has 4 saturated carbocycles. The van der Waals surface area contributed by atoms with Gasteiger partial charge in [-0.2, -0.15) is 0 Å². The fourth-order valence-corrected chi connectivity index (χ4v) is 12.6. The van der Waals surface area contributed by atoms with Gasteiger partial charge in [0.15, 0.2) is 0 Å². The highest BCUT2D eigenvalue weighted by molar-refractivity contribution is 6.26. The van der Waals surface area contributed by atoms with E-state index in [2.05, 4.69) is 175 Å². The lowest BCUT2D eigenvalue weighted by Crippen LogP contribution is -2.48. The Morgan fingerprint density at radius 2 is 0.948 bits per heavy atom. The van der Waals surface area contributed by atoms with Crippen LogP contribution in [0.5, 0.6) is 0 Å². The van der Waals surface area contributed by atoms with Crippen LogP contribution in [0.2, 0.25) is 0 Å². The molecule has 2 heteroatoms. The summed E-state index contributed by atoms with van der Waals surface area (Å²) in [7, 11) is 0. The topological polar surface area (TPSA) is 16.4 Å². The first-order valence-electron chi connectivity index (χ1n) is 21.3. The van der Waals surface area contributed by atoms with Crippen LogP contribution < -0.4 is 4.90 Å². The summed E-state index contributed by atoms with van der Waals surface area (Å²) in [6.45, 7) is 0. The molecule has 4 aliphatic rings. The lowest BCUT2D eigenvalue weighted by Gasteiger charge is -2.57. The molecule has 0 N–H and O–H groups in total. The minimum absolute atomic E-state index is 0.242. The van der Waals surface area contributed by atoms with Gasteiger partial charge in [0.05, 0.1) is 5.69 Å². The molecule has 0 amide bonds. The highest BCUT2D eigenvalue weighted by Gasteiger charge is 2.52. The zero-order valence-corrected chi connectivity index (χ0v) is 32.5. The van der Waals surface area contributed by atoms with Crippen molar-refractivity contribution in [1.82, 2.24) is 0 Å². The Labute approximate surface area is 338 Å². The van der Waals surface area contributed by atoms with Crippen LogP contribution in [-0.4, -0.2) is 0 Å². The Bertz CT molecular complexity index is 3190. The van der Waals surface area contributed by atoms with Crippen molar-refractivity contribution in [3.63, 3.8) is 0 Å². The smallest absolute Gasteiger partial charge is 0.143 e. The van der Waals surface area contributed by atoms with Gasteiger partial charge < -0.3 is 9.32 Å². The lowest BCUT2D eigenvalue weighted by molar-refractivity contribution is -0.00448. The van der Waals surface area contributed by atoms with Gasteiger partial charge in [-0.15, -0.1) is 0 Å². The Morgan fingerprint density at radius 1 is 0.414 bits per heavy atom. The van der Waals surface area contributed by atoms with Gasteiger partial charge in [-0.05, 0) is 147 Å². The molecule has 0 spiro atoms. The summed E-state index contributed by atoms with van der Waals surface area (Å²) >= 11 is 0. The summed E-state index contributed by atoms with van der Waals surface area (Å²) in [5.74, 6) is 2.60. The number of hydrogen-bond acceptors (Lipinski definition) is 2. The van der Waals surface area contributed by atoms with E-state index in [-0.39, 0.29) is 5.41 Å². The van der Waals surface area contributed by atoms with Crippen LogP contribution in [-0.2, 0) is 5.41 Å². The molecular weight excluding hydrogens is 703 g/mol. The first-order valence-corrected chi connectivity index (χ1v) is 21.3. The monoisotopic (exact) mass is 745 g/mol. The molecule has 278 valence electrons. The first-order chi connectivity index (χ1) is 28.7. The molecule has 1 aromatic heterocycles. The third-order valence-electron chi connectivity index (χ3n) is 14.6. The Balaban J connectivity index is 1.09. The molecule has 4 fully saturated rings. The molecule has 2 nitrogen and oxygen atoms in total. The van der Waals surface area contributed by atoms with Gasteiger partial charge in [0, 0.05) is 32.9 Å². The SMILES string of the molecule is c1ccc(-c2ccc(N(c3ccc4c5ccccc5c5ccccc5c4c3)c3cc4c(oc5cccc(C67CC8CC(CC(C8)C6)C7)c54)c4ccccc34)cc2)cc1. The van der Waals surface area contributed by atoms with E-state index in [1.165, 1.54) is 109 Å². The molecule has 0 atom stereocenters.